The van der Waals surface area contributed by atoms with Crippen molar-refractivity contribution in [3.8, 4) is 0 Å². The van der Waals surface area contributed by atoms with Crippen LogP contribution in [0.5, 0.6) is 0 Å². The van der Waals surface area contributed by atoms with Crippen molar-refractivity contribution in [2.24, 2.45) is 5.92 Å². The summed E-state index contributed by atoms with van der Waals surface area (Å²) in [6, 6.07) is 12.5. The third-order valence-corrected chi connectivity index (χ3v) is 5.14. The molecule has 29 heavy (non-hydrogen) atoms. The summed E-state index contributed by atoms with van der Waals surface area (Å²) in [7, 11) is 1.75. The number of amides is 1. The van der Waals surface area contributed by atoms with E-state index in [0.717, 1.165) is 10.2 Å². The van der Waals surface area contributed by atoms with Crippen LogP contribution in [0.25, 0.3) is 5.65 Å². The molecule has 1 aliphatic rings. The Kier molecular flexibility index (Phi) is 4.85. The van der Waals surface area contributed by atoms with Gasteiger partial charge in [-0.25, -0.2) is 0 Å². The second-order valence-electron chi connectivity index (χ2n) is 6.98. The molecule has 0 N–H and O–H groups in total. The number of aromatic nitrogens is 4. The molecule has 152 valence electrons. The Hall–Kier alpha value is -3.17. The van der Waals surface area contributed by atoms with Gasteiger partial charge in [0.2, 0.25) is 5.91 Å². The van der Waals surface area contributed by atoms with Crippen LogP contribution in [0.1, 0.15) is 18.7 Å². The summed E-state index contributed by atoms with van der Waals surface area (Å²) in [5.74, 6) is -0.840. The lowest BCUT2D eigenvalue weighted by atomic mass is 9.95. The zero-order chi connectivity index (χ0) is 20.6. The maximum Gasteiger partial charge on any atom is 0.453 e. The summed E-state index contributed by atoms with van der Waals surface area (Å²) in [4.78, 5) is 16.3. The average molecular weight is 404 g/mol. The van der Waals surface area contributed by atoms with Gasteiger partial charge in [0.1, 0.15) is 5.82 Å². The number of halogens is 3. The molecule has 7 nitrogen and oxygen atoms in total. The van der Waals surface area contributed by atoms with Gasteiger partial charge >= 0.3 is 6.18 Å². The van der Waals surface area contributed by atoms with E-state index in [2.05, 4.69) is 15.3 Å². The lowest BCUT2D eigenvalue weighted by Crippen LogP contribution is -2.41. The van der Waals surface area contributed by atoms with Gasteiger partial charge in [0.05, 0.1) is 0 Å². The Labute approximate surface area is 164 Å². The highest BCUT2D eigenvalue weighted by atomic mass is 19.4. The second-order valence-corrected chi connectivity index (χ2v) is 6.98. The largest absolute Gasteiger partial charge is 0.453 e. The molecule has 3 heterocycles. The summed E-state index contributed by atoms with van der Waals surface area (Å²) >= 11 is 0. The molecule has 1 saturated heterocycles. The Bertz CT molecular complexity index is 1010. The molecule has 0 atom stereocenters. The summed E-state index contributed by atoms with van der Waals surface area (Å²) < 4.78 is 39.9. The number of anilines is 2. The summed E-state index contributed by atoms with van der Waals surface area (Å²) in [6.07, 6.45) is -3.43. The van der Waals surface area contributed by atoms with Gasteiger partial charge in [-0.05, 0) is 37.1 Å². The third kappa shape index (κ3) is 3.74. The molecule has 0 unspecified atom stereocenters. The number of benzene rings is 1. The van der Waals surface area contributed by atoms with Gasteiger partial charge in [0, 0.05) is 31.7 Å². The molecule has 1 amide bonds. The van der Waals surface area contributed by atoms with Crippen LogP contribution in [0.3, 0.4) is 0 Å². The quantitative estimate of drug-likeness (QED) is 0.671. The molecular formula is C19H19F3N6O. The third-order valence-electron chi connectivity index (χ3n) is 5.14. The van der Waals surface area contributed by atoms with Crippen molar-refractivity contribution in [2.75, 3.05) is 29.9 Å². The van der Waals surface area contributed by atoms with E-state index >= 15 is 0 Å². The van der Waals surface area contributed by atoms with Crippen LogP contribution >= 0.6 is 0 Å². The van der Waals surface area contributed by atoms with E-state index in [0.29, 0.717) is 31.7 Å². The Morgan fingerprint density at radius 1 is 1.07 bits per heavy atom. The van der Waals surface area contributed by atoms with E-state index in [1.165, 1.54) is 6.07 Å². The molecule has 0 radical (unpaired) electrons. The molecular weight excluding hydrogens is 385 g/mol. The molecule has 1 fully saturated rings. The fourth-order valence-corrected chi connectivity index (χ4v) is 3.53. The number of nitrogens with zero attached hydrogens (tertiary/aromatic N) is 6. The molecule has 3 aromatic rings. The molecule has 1 aromatic carbocycles. The van der Waals surface area contributed by atoms with Gasteiger partial charge in [-0.1, -0.05) is 18.2 Å². The zero-order valence-electron chi connectivity index (χ0n) is 15.7. The van der Waals surface area contributed by atoms with Gasteiger partial charge in [0.25, 0.3) is 5.82 Å². The molecule has 0 aliphatic carbocycles. The molecule has 0 bridgehead atoms. The zero-order valence-corrected chi connectivity index (χ0v) is 15.7. The summed E-state index contributed by atoms with van der Waals surface area (Å²) in [5.41, 5.74) is 0.870. The van der Waals surface area contributed by atoms with Crippen molar-refractivity contribution in [2.45, 2.75) is 19.0 Å². The first-order chi connectivity index (χ1) is 13.8. The van der Waals surface area contributed by atoms with Crippen LogP contribution in [-0.2, 0) is 11.0 Å². The van der Waals surface area contributed by atoms with E-state index < -0.39 is 12.0 Å². The van der Waals surface area contributed by atoms with Crippen molar-refractivity contribution < 1.29 is 18.0 Å². The van der Waals surface area contributed by atoms with Crippen molar-refractivity contribution in [1.82, 2.24) is 19.8 Å². The van der Waals surface area contributed by atoms with E-state index in [1.807, 2.05) is 35.2 Å². The first kappa shape index (κ1) is 19.2. The number of para-hydroxylation sites is 1. The molecule has 0 saturated carbocycles. The van der Waals surface area contributed by atoms with Crippen LogP contribution in [0.4, 0.5) is 24.7 Å². The van der Waals surface area contributed by atoms with Crippen molar-refractivity contribution >= 4 is 23.1 Å². The first-order valence-corrected chi connectivity index (χ1v) is 9.22. The molecule has 1 aliphatic heterocycles. The lowest BCUT2D eigenvalue weighted by molar-refractivity contribution is -0.146. The van der Waals surface area contributed by atoms with Gasteiger partial charge in [-0.2, -0.15) is 17.7 Å². The minimum Gasteiger partial charge on any atom is -0.355 e. The van der Waals surface area contributed by atoms with Crippen LogP contribution in [-0.4, -0.2) is 45.9 Å². The highest BCUT2D eigenvalue weighted by Crippen LogP contribution is 2.29. The monoisotopic (exact) mass is 404 g/mol. The number of alkyl halides is 3. The summed E-state index contributed by atoms with van der Waals surface area (Å²) in [5, 5.41) is 10.8. The van der Waals surface area contributed by atoms with Crippen LogP contribution in [0.2, 0.25) is 0 Å². The minimum atomic E-state index is -4.63. The minimum absolute atomic E-state index is 0.0376. The van der Waals surface area contributed by atoms with Gasteiger partial charge in [0.15, 0.2) is 5.65 Å². The van der Waals surface area contributed by atoms with Crippen molar-refractivity contribution in [3.05, 3.63) is 48.3 Å². The van der Waals surface area contributed by atoms with E-state index in [1.54, 1.807) is 18.0 Å². The van der Waals surface area contributed by atoms with E-state index in [9.17, 15) is 18.0 Å². The number of carbonyl (C=O) groups excluding carboxylic acids is 1. The topological polar surface area (TPSA) is 66.6 Å². The van der Waals surface area contributed by atoms with Crippen LogP contribution in [0, 0.1) is 5.92 Å². The second kappa shape index (κ2) is 7.34. The van der Waals surface area contributed by atoms with Gasteiger partial charge in [-0.3, -0.25) is 4.79 Å². The highest BCUT2D eigenvalue weighted by Gasteiger charge is 2.38. The number of rotatable bonds is 3. The fraction of sp³-hybridized carbons (Fsp3) is 0.368. The predicted octanol–water partition coefficient (Wildman–Crippen LogP) is 3.02. The van der Waals surface area contributed by atoms with Crippen molar-refractivity contribution in [3.63, 3.8) is 0 Å². The molecule has 4 rings (SSSR count). The predicted molar refractivity (Wildman–Crippen MR) is 101 cm³/mol. The molecule has 2 aromatic heterocycles. The number of fused-ring (bicyclic) bond motifs is 1. The lowest BCUT2D eigenvalue weighted by Gasteiger charge is -2.33. The number of carbonyl (C=O) groups is 1. The maximum absolute atomic E-state index is 13.1. The molecule has 10 heteroatoms. The number of hydrogen-bond acceptors (Lipinski definition) is 5. The number of hydrogen-bond donors (Lipinski definition) is 0. The Balaban J connectivity index is 1.46. The Morgan fingerprint density at radius 3 is 2.41 bits per heavy atom. The average Bonchev–Trinajstić information content (AvgIpc) is 3.17. The summed E-state index contributed by atoms with van der Waals surface area (Å²) in [6.45, 7) is 1.06. The van der Waals surface area contributed by atoms with E-state index in [-0.39, 0.29) is 17.5 Å². The molecule has 0 spiro atoms. The Morgan fingerprint density at radius 2 is 1.76 bits per heavy atom. The standard InChI is InChI=1S/C19H19F3N6O/c1-26(14-5-3-2-4-6-14)17(29)13-9-11-27(12-10-13)16-8-7-15-23-24-18(19(20,21)22)28(15)25-16/h2-8,13H,9-12H2,1H3. The SMILES string of the molecule is CN(C(=O)C1CCN(c2ccc3nnc(C(F)(F)F)n3n2)CC1)c1ccccc1. The van der Waals surface area contributed by atoms with Crippen molar-refractivity contribution in [1.29, 1.82) is 0 Å². The first-order valence-electron chi connectivity index (χ1n) is 9.22. The van der Waals surface area contributed by atoms with E-state index in [4.69, 9.17) is 0 Å². The normalized spacial score (nSPS) is 15.7. The smallest absolute Gasteiger partial charge is 0.355 e. The highest BCUT2D eigenvalue weighted by molar-refractivity contribution is 5.94. The fourth-order valence-electron chi connectivity index (χ4n) is 3.53. The van der Waals surface area contributed by atoms with Gasteiger partial charge < -0.3 is 9.80 Å². The number of piperidine rings is 1. The maximum atomic E-state index is 13.1. The van der Waals surface area contributed by atoms with Crippen LogP contribution < -0.4 is 9.80 Å². The van der Waals surface area contributed by atoms with Crippen LogP contribution in [0.15, 0.2) is 42.5 Å². The van der Waals surface area contributed by atoms with Gasteiger partial charge in [-0.15, -0.1) is 15.3 Å².